The van der Waals surface area contributed by atoms with Crippen LogP contribution in [0.2, 0.25) is 0 Å². The van der Waals surface area contributed by atoms with Crippen molar-refractivity contribution in [1.29, 1.82) is 0 Å². The standard InChI is InChI=1S/C16H20F3NO5S/c1-11(2)9-26(24,25)10-14(21)20(8-15(22)23)7-12-3-5-13(6-4-12)16(17,18)19/h3-6,11H,7-10H2,1-2H3,(H,22,23). The third-order valence-corrected chi connectivity index (χ3v) is 5.13. The lowest BCUT2D eigenvalue weighted by Gasteiger charge is -2.21. The van der Waals surface area contributed by atoms with E-state index in [0.717, 1.165) is 29.2 Å². The van der Waals surface area contributed by atoms with Gasteiger partial charge in [-0.15, -0.1) is 0 Å². The van der Waals surface area contributed by atoms with E-state index in [1.807, 2.05) is 0 Å². The summed E-state index contributed by atoms with van der Waals surface area (Å²) in [4.78, 5) is 23.9. The van der Waals surface area contributed by atoms with Gasteiger partial charge < -0.3 is 10.0 Å². The summed E-state index contributed by atoms with van der Waals surface area (Å²) in [7, 11) is -3.71. The maximum absolute atomic E-state index is 12.6. The first-order valence-electron chi connectivity index (χ1n) is 7.66. The highest BCUT2D eigenvalue weighted by Crippen LogP contribution is 2.29. The Balaban J connectivity index is 2.93. The summed E-state index contributed by atoms with van der Waals surface area (Å²) in [6.45, 7) is 2.27. The number of carboxylic acid groups (broad SMARTS) is 1. The van der Waals surface area contributed by atoms with Gasteiger partial charge in [0.25, 0.3) is 0 Å². The molecule has 0 saturated carbocycles. The molecule has 0 spiro atoms. The van der Waals surface area contributed by atoms with Gasteiger partial charge in [-0.3, -0.25) is 9.59 Å². The molecule has 6 nitrogen and oxygen atoms in total. The molecular formula is C16H20F3NO5S. The maximum atomic E-state index is 12.6. The predicted octanol–water partition coefficient (Wildman–Crippen LogP) is 2.19. The number of hydrogen-bond acceptors (Lipinski definition) is 4. The fraction of sp³-hybridized carbons (Fsp3) is 0.500. The minimum atomic E-state index is -4.51. The number of carbonyl (C=O) groups is 2. The van der Waals surface area contributed by atoms with Crippen molar-refractivity contribution in [2.24, 2.45) is 5.92 Å². The molecule has 0 aliphatic heterocycles. The Labute approximate surface area is 149 Å². The second-order valence-corrected chi connectivity index (χ2v) is 8.40. The van der Waals surface area contributed by atoms with Crippen LogP contribution in [0.1, 0.15) is 25.0 Å². The van der Waals surface area contributed by atoms with Crippen LogP contribution in [0.4, 0.5) is 13.2 Å². The van der Waals surface area contributed by atoms with E-state index in [-0.39, 0.29) is 23.8 Å². The van der Waals surface area contributed by atoms with Gasteiger partial charge in [0.15, 0.2) is 9.84 Å². The van der Waals surface area contributed by atoms with E-state index >= 15 is 0 Å². The van der Waals surface area contributed by atoms with Gasteiger partial charge in [0.2, 0.25) is 5.91 Å². The van der Waals surface area contributed by atoms with Crippen LogP contribution in [0.25, 0.3) is 0 Å². The van der Waals surface area contributed by atoms with Crippen molar-refractivity contribution in [2.45, 2.75) is 26.6 Å². The Kier molecular flexibility index (Phi) is 7.19. The summed E-state index contributed by atoms with van der Waals surface area (Å²) < 4.78 is 61.5. The van der Waals surface area contributed by atoms with E-state index in [2.05, 4.69) is 0 Å². The minimum Gasteiger partial charge on any atom is -0.480 e. The number of halogens is 3. The summed E-state index contributed by atoms with van der Waals surface area (Å²) in [6, 6.07) is 3.86. The van der Waals surface area contributed by atoms with Gasteiger partial charge in [0, 0.05) is 6.54 Å². The lowest BCUT2D eigenvalue weighted by atomic mass is 10.1. The lowest BCUT2D eigenvalue weighted by molar-refractivity contribution is -0.143. The molecule has 1 N–H and O–H groups in total. The first-order valence-corrected chi connectivity index (χ1v) is 9.48. The summed E-state index contributed by atoms with van der Waals surface area (Å²) in [5.74, 6) is -3.53. The van der Waals surface area contributed by atoms with Crippen molar-refractivity contribution >= 4 is 21.7 Å². The van der Waals surface area contributed by atoms with Crippen LogP contribution in [0, 0.1) is 5.92 Å². The molecule has 0 aliphatic rings. The minimum absolute atomic E-state index is 0.198. The predicted molar refractivity (Wildman–Crippen MR) is 88.0 cm³/mol. The van der Waals surface area contributed by atoms with Gasteiger partial charge in [-0.05, 0) is 23.6 Å². The Morgan fingerprint density at radius 3 is 2.12 bits per heavy atom. The highest BCUT2D eigenvalue weighted by molar-refractivity contribution is 7.92. The number of nitrogens with zero attached hydrogens (tertiary/aromatic N) is 1. The van der Waals surface area contributed by atoms with Crippen LogP contribution < -0.4 is 0 Å². The van der Waals surface area contributed by atoms with Crippen LogP contribution in [0.15, 0.2) is 24.3 Å². The number of carbonyl (C=O) groups excluding carboxylic acids is 1. The van der Waals surface area contributed by atoms with Crippen LogP contribution in [-0.4, -0.2) is 48.4 Å². The van der Waals surface area contributed by atoms with Crippen LogP contribution in [0.3, 0.4) is 0 Å². The average Bonchev–Trinajstić information content (AvgIpc) is 2.43. The quantitative estimate of drug-likeness (QED) is 0.729. The number of rotatable bonds is 8. The second kappa shape index (κ2) is 8.52. The molecule has 0 aliphatic carbocycles. The van der Waals surface area contributed by atoms with E-state index < -0.39 is 45.8 Å². The fourth-order valence-corrected chi connectivity index (χ4v) is 3.95. The molecule has 0 heterocycles. The number of carboxylic acids is 1. The van der Waals surface area contributed by atoms with Gasteiger partial charge >= 0.3 is 12.1 Å². The van der Waals surface area contributed by atoms with Crippen LogP contribution in [-0.2, 0) is 32.1 Å². The number of sulfone groups is 1. The number of hydrogen-bond donors (Lipinski definition) is 1. The van der Waals surface area contributed by atoms with Crippen molar-refractivity contribution in [3.63, 3.8) is 0 Å². The molecule has 0 aromatic heterocycles. The smallest absolute Gasteiger partial charge is 0.416 e. The summed E-state index contributed by atoms with van der Waals surface area (Å²) in [5.41, 5.74) is -0.620. The first-order chi connectivity index (χ1) is 11.8. The summed E-state index contributed by atoms with van der Waals surface area (Å²) in [5, 5.41) is 8.91. The molecule has 0 unspecified atom stereocenters. The fourth-order valence-electron chi connectivity index (χ4n) is 2.26. The number of benzene rings is 1. The van der Waals surface area contributed by atoms with E-state index in [1.54, 1.807) is 13.8 Å². The molecule has 0 radical (unpaired) electrons. The molecule has 1 aromatic carbocycles. The SMILES string of the molecule is CC(C)CS(=O)(=O)CC(=O)N(CC(=O)O)Cc1ccc(C(F)(F)F)cc1. The van der Waals surface area contributed by atoms with Gasteiger partial charge in [-0.2, -0.15) is 13.2 Å². The molecule has 26 heavy (non-hydrogen) atoms. The molecule has 0 bridgehead atoms. The van der Waals surface area contributed by atoms with E-state index in [1.165, 1.54) is 0 Å². The normalized spacial score (nSPS) is 12.2. The number of alkyl halides is 3. The molecule has 1 amide bonds. The van der Waals surface area contributed by atoms with E-state index in [4.69, 9.17) is 5.11 Å². The van der Waals surface area contributed by atoms with E-state index in [0.29, 0.717) is 0 Å². The molecular weight excluding hydrogens is 375 g/mol. The van der Waals surface area contributed by atoms with Gasteiger partial charge in [0.1, 0.15) is 12.3 Å². The van der Waals surface area contributed by atoms with Gasteiger partial charge in [-0.1, -0.05) is 26.0 Å². The lowest BCUT2D eigenvalue weighted by Crippen LogP contribution is -2.39. The van der Waals surface area contributed by atoms with Crippen molar-refractivity contribution in [2.75, 3.05) is 18.1 Å². The Hall–Kier alpha value is -2.10. The Bertz CT molecular complexity index is 742. The second-order valence-electron chi connectivity index (χ2n) is 6.29. The van der Waals surface area contributed by atoms with Gasteiger partial charge in [-0.25, -0.2) is 8.42 Å². The molecule has 0 saturated heterocycles. The monoisotopic (exact) mass is 395 g/mol. The first kappa shape index (κ1) is 21.9. The molecule has 0 atom stereocenters. The van der Waals surface area contributed by atoms with Crippen molar-refractivity contribution < 1.29 is 36.3 Å². The maximum Gasteiger partial charge on any atom is 0.416 e. The highest BCUT2D eigenvalue weighted by Gasteiger charge is 2.30. The summed E-state index contributed by atoms with van der Waals surface area (Å²) in [6.07, 6.45) is -4.51. The highest BCUT2D eigenvalue weighted by atomic mass is 32.2. The zero-order valence-electron chi connectivity index (χ0n) is 14.3. The third kappa shape index (κ3) is 7.42. The van der Waals surface area contributed by atoms with E-state index in [9.17, 15) is 31.2 Å². The van der Waals surface area contributed by atoms with Crippen LogP contribution >= 0.6 is 0 Å². The number of aliphatic carboxylic acids is 1. The van der Waals surface area contributed by atoms with Gasteiger partial charge in [0.05, 0.1) is 11.3 Å². The van der Waals surface area contributed by atoms with Crippen molar-refractivity contribution in [3.05, 3.63) is 35.4 Å². The Morgan fingerprint density at radius 1 is 1.15 bits per heavy atom. The zero-order valence-corrected chi connectivity index (χ0v) is 15.1. The molecule has 1 aromatic rings. The van der Waals surface area contributed by atoms with Crippen molar-refractivity contribution in [1.82, 2.24) is 4.90 Å². The molecule has 1 rings (SSSR count). The summed E-state index contributed by atoms with van der Waals surface area (Å²) >= 11 is 0. The largest absolute Gasteiger partial charge is 0.480 e. The molecule has 146 valence electrons. The molecule has 10 heteroatoms. The van der Waals surface area contributed by atoms with Crippen LogP contribution in [0.5, 0.6) is 0 Å². The topological polar surface area (TPSA) is 91.8 Å². The average molecular weight is 395 g/mol. The molecule has 0 fully saturated rings. The third-order valence-electron chi connectivity index (χ3n) is 3.26. The van der Waals surface area contributed by atoms with Crippen molar-refractivity contribution in [3.8, 4) is 0 Å². The number of amides is 1. The zero-order chi connectivity index (χ0) is 20.1. The Morgan fingerprint density at radius 2 is 1.69 bits per heavy atom.